The standard InChI is InChI=1S/C19H26N6O2/c1-2-17-22-18(23-27-17)15-6-5-11-25(15)19(26)21-13-14-7-8-20-16(12-14)24-9-3-4-10-24/h7-8,12,15H,2-6,9-11,13H2,1H3,(H,21,26). The first-order chi connectivity index (χ1) is 13.2. The second-order valence-corrected chi connectivity index (χ2v) is 7.13. The van der Waals surface area contributed by atoms with Gasteiger partial charge >= 0.3 is 6.03 Å². The normalized spacial score (nSPS) is 19.7. The van der Waals surface area contributed by atoms with Gasteiger partial charge in [-0.15, -0.1) is 0 Å². The van der Waals surface area contributed by atoms with Gasteiger partial charge in [0.15, 0.2) is 5.82 Å². The Morgan fingerprint density at radius 2 is 2.15 bits per heavy atom. The van der Waals surface area contributed by atoms with E-state index in [2.05, 4.69) is 31.4 Å². The molecule has 2 saturated heterocycles. The molecule has 2 amide bonds. The summed E-state index contributed by atoms with van der Waals surface area (Å²) >= 11 is 0. The lowest BCUT2D eigenvalue weighted by atomic mass is 10.2. The zero-order valence-corrected chi connectivity index (χ0v) is 15.7. The van der Waals surface area contributed by atoms with E-state index in [1.165, 1.54) is 12.8 Å². The molecule has 4 rings (SSSR count). The molecule has 8 heteroatoms. The number of likely N-dealkylation sites (tertiary alicyclic amines) is 1. The number of nitrogens with zero attached hydrogens (tertiary/aromatic N) is 5. The summed E-state index contributed by atoms with van der Waals surface area (Å²) in [6.07, 6.45) is 6.77. The number of nitrogens with one attached hydrogen (secondary N) is 1. The molecule has 1 unspecified atom stereocenters. The fourth-order valence-electron chi connectivity index (χ4n) is 3.79. The van der Waals surface area contributed by atoms with Gasteiger partial charge in [-0.3, -0.25) is 0 Å². The highest BCUT2D eigenvalue weighted by Gasteiger charge is 2.33. The Bertz CT molecular complexity index is 786. The fourth-order valence-corrected chi connectivity index (χ4v) is 3.79. The van der Waals surface area contributed by atoms with Crippen molar-refractivity contribution in [2.75, 3.05) is 24.5 Å². The predicted octanol–water partition coefficient (Wildman–Crippen LogP) is 2.67. The van der Waals surface area contributed by atoms with Gasteiger partial charge in [-0.05, 0) is 43.4 Å². The number of aryl methyl sites for hydroxylation is 1. The first kappa shape index (κ1) is 17.8. The number of rotatable bonds is 5. The molecule has 27 heavy (non-hydrogen) atoms. The van der Waals surface area contributed by atoms with Gasteiger partial charge in [0.25, 0.3) is 0 Å². The van der Waals surface area contributed by atoms with Crippen LogP contribution >= 0.6 is 0 Å². The first-order valence-corrected chi connectivity index (χ1v) is 9.81. The van der Waals surface area contributed by atoms with E-state index in [9.17, 15) is 4.79 Å². The molecule has 1 atom stereocenters. The molecule has 1 N–H and O–H groups in total. The number of hydrogen-bond donors (Lipinski definition) is 1. The Morgan fingerprint density at radius 3 is 2.93 bits per heavy atom. The lowest BCUT2D eigenvalue weighted by Gasteiger charge is -2.23. The van der Waals surface area contributed by atoms with Crippen LogP contribution in [-0.4, -0.2) is 45.7 Å². The Morgan fingerprint density at radius 1 is 1.30 bits per heavy atom. The van der Waals surface area contributed by atoms with Crippen molar-refractivity contribution in [1.82, 2.24) is 25.3 Å². The lowest BCUT2D eigenvalue weighted by molar-refractivity contribution is 0.189. The molecule has 2 aliphatic rings. The van der Waals surface area contributed by atoms with Gasteiger partial charge in [-0.2, -0.15) is 4.98 Å². The van der Waals surface area contributed by atoms with E-state index in [1.54, 1.807) is 0 Å². The molecular formula is C19H26N6O2. The zero-order chi connectivity index (χ0) is 18.6. The molecule has 0 radical (unpaired) electrons. The topological polar surface area (TPSA) is 87.4 Å². The minimum Gasteiger partial charge on any atom is -0.357 e. The maximum Gasteiger partial charge on any atom is 0.318 e. The Kier molecular flexibility index (Phi) is 5.22. The summed E-state index contributed by atoms with van der Waals surface area (Å²) in [5.74, 6) is 2.22. The molecule has 0 aliphatic carbocycles. The number of urea groups is 1. The highest BCUT2D eigenvalue weighted by molar-refractivity contribution is 5.75. The first-order valence-electron chi connectivity index (χ1n) is 9.81. The van der Waals surface area contributed by atoms with Crippen LogP contribution in [0.3, 0.4) is 0 Å². The Balaban J connectivity index is 1.38. The second-order valence-electron chi connectivity index (χ2n) is 7.13. The van der Waals surface area contributed by atoms with Gasteiger partial charge in [0.05, 0.1) is 6.04 Å². The van der Waals surface area contributed by atoms with Crippen molar-refractivity contribution < 1.29 is 9.32 Å². The van der Waals surface area contributed by atoms with Crippen molar-refractivity contribution in [3.63, 3.8) is 0 Å². The summed E-state index contributed by atoms with van der Waals surface area (Å²) in [5, 5.41) is 7.09. The smallest absolute Gasteiger partial charge is 0.318 e. The van der Waals surface area contributed by atoms with E-state index in [-0.39, 0.29) is 12.1 Å². The van der Waals surface area contributed by atoms with Crippen molar-refractivity contribution in [2.45, 2.75) is 51.6 Å². The van der Waals surface area contributed by atoms with Crippen LogP contribution < -0.4 is 10.2 Å². The summed E-state index contributed by atoms with van der Waals surface area (Å²) in [5.41, 5.74) is 1.06. The molecular weight excluding hydrogens is 344 g/mol. The number of carbonyl (C=O) groups excluding carboxylic acids is 1. The van der Waals surface area contributed by atoms with Crippen molar-refractivity contribution in [3.8, 4) is 0 Å². The van der Waals surface area contributed by atoms with E-state index < -0.39 is 0 Å². The number of pyridine rings is 1. The number of aromatic nitrogens is 3. The number of hydrogen-bond acceptors (Lipinski definition) is 6. The molecule has 2 aromatic heterocycles. The third-order valence-corrected chi connectivity index (χ3v) is 5.28. The molecule has 2 fully saturated rings. The maximum absolute atomic E-state index is 12.7. The van der Waals surface area contributed by atoms with Gasteiger partial charge in [-0.25, -0.2) is 9.78 Å². The molecule has 4 heterocycles. The monoisotopic (exact) mass is 370 g/mol. The molecule has 8 nitrogen and oxygen atoms in total. The minimum absolute atomic E-state index is 0.0834. The van der Waals surface area contributed by atoms with Crippen molar-refractivity contribution in [2.24, 2.45) is 0 Å². The molecule has 0 bridgehead atoms. The van der Waals surface area contributed by atoms with Crippen LogP contribution in [0.2, 0.25) is 0 Å². The van der Waals surface area contributed by atoms with Gasteiger partial charge < -0.3 is 19.6 Å². The van der Waals surface area contributed by atoms with Crippen molar-refractivity contribution in [1.29, 1.82) is 0 Å². The van der Waals surface area contributed by atoms with E-state index in [1.807, 2.05) is 24.1 Å². The SMILES string of the molecule is CCc1nc(C2CCCN2C(=O)NCc2ccnc(N3CCCC3)c2)no1. The molecule has 0 spiro atoms. The fraction of sp³-hybridized carbons (Fsp3) is 0.579. The van der Waals surface area contributed by atoms with Crippen LogP contribution in [0.5, 0.6) is 0 Å². The van der Waals surface area contributed by atoms with Gasteiger partial charge in [0, 0.05) is 38.8 Å². The van der Waals surface area contributed by atoms with Crippen LogP contribution in [0.1, 0.15) is 55.9 Å². The second kappa shape index (κ2) is 7.94. The number of amides is 2. The quantitative estimate of drug-likeness (QED) is 0.871. The summed E-state index contributed by atoms with van der Waals surface area (Å²) in [7, 11) is 0. The zero-order valence-electron chi connectivity index (χ0n) is 15.7. The largest absolute Gasteiger partial charge is 0.357 e. The highest BCUT2D eigenvalue weighted by atomic mass is 16.5. The van der Waals surface area contributed by atoms with Crippen LogP contribution in [0, 0.1) is 0 Å². The summed E-state index contributed by atoms with van der Waals surface area (Å²) in [6.45, 7) is 5.28. The molecule has 2 aliphatic heterocycles. The number of carbonyl (C=O) groups is 1. The Labute approximate surface area is 158 Å². The van der Waals surface area contributed by atoms with Crippen LogP contribution in [0.15, 0.2) is 22.9 Å². The molecule has 0 saturated carbocycles. The van der Waals surface area contributed by atoms with E-state index in [4.69, 9.17) is 4.52 Å². The van der Waals surface area contributed by atoms with E-state index in [0.29, 0.717) is 31.2 Å². The highest BCUT2D eigenvalue weighted by Crippen LogP contribution is 2.30. The van der Waals surface area contributed by atoms with E-state index >= 15 is 0 Å². The Hall–Kier alpha value is -2.64. The molecule has 0 aromatic carbocycles. The van der Waals surface area contributed by atoms with E-state index in [0.717, 1.165) is 37.3 Å². The predicted molar refractivity (Wildman–Crippen MR) is 100 cm³/mol. The van der Waals surface area contributed by atoms with Gasteiger partial charge in [0.1, 0.15) is 5.82 Å². The van der Waals surface area contributed by atoms with Gasteiger partial charge in [0.2, 0.25) is 5.89 Å². The minimum atomic E-state index is -0.105. The maximum atomic E-state index is 12.7. The van der Waals surface area contributed by atoms with Crippen molar-refractivity contribution >= 4 is 11.8 Å². The molecule has 2 aromatic rings. The number of anilines is 1. The van der Waals surface area contributed by atoms with Crippen molar-refractivity contribution in [3.05, 3.63) is 35.6 Å². The van der Waals surface area contributed by atoms with Crippen LogP contribution in [0.25, 0.3) is 0 Å². The lowest BCUT2D eigenvalue weighted by Crippen LogP contribution is -2.39. The third kappa shape index (κ3) is 3.89. The summed E-state index contributed by atoms with van der Waals surface area (Å²) in [4.78, 5) is 25.7. The average molecular weight is 370 g/mol. The van der Waals surface area contributed by atoms with Crippen LogP contribution in [0.4, 0.5) is 10.6 Å². The van der Waals surface area contributed by atoms with Gasteiger partial charge in [-0.1, -0.05) is 12.1 Å². The third-order valence-electron chi connectivity index (χ3n) is 5.28. The summed E-state index contributed by atoms with van der Waals surface area (Å²) in [6, 6.07) is 3.83. The molecule has 144 valence electrons. The average Bonchev–Trinajstić information content (AvgIpc) is 3.46. The summed E-state index contributed by atoms with van der Waals surface area (Å²) < 4.78 is 5.21. The van der Waals surface area contributed by atoms with Crippen LogP contribution in [-0.2, 0) is 13.0 Å².